The second-order valence-corrected chi connectivity index (χ2v) is 8.77. The molecule has 7 heteroatoms. The molecule has 2 aromatic heterocycles. The Hall–Kier alpha value is -3.71. The number of furan rings is 1. The number of fused-ring (bicyclic) bond motifs is 3. The van der Waals surface area contributed by atoms with Crippen molar-refractivity contribution >= 4 is 21.9 Å². The van der Waals surface area contributed by atoms with E-state index in [-0.39, 0.29) is 33.8 Å². The van der Waals surface area contributed by atoms with Crippen LogP contribution in [0.25, 0.3) is 33.1 Å². The standard InChI is InChI=1S/C26H26O7/c1-13(2)6-8-15-22(29)21-23(30)17(14-7-9-18(27)19(28)10-14)12-32-25(21)16-11-20(33-24(15)16)26(3,4)31-5/h6-7,9-12,27-29H,8H2,1-5H3. The summed E-state index contributed by atoms with van der Waals surface area (Å²) in [4.78, 5) is 13.5. The van der Waals surface area contributed by atoms with Crippen molar-refractivity contribution in [2.75, 3.05) is 7.11 Å². The molecule has 0 amide bonds. The van der Waals surface area contributed by atoms with Gasteiger partial charge in [-0.2, -0.15) is 0 Å². The zero-order valence-corrected chi connectivity index (χ0v) is 19.1. The summed E-state index contributed by atoms with van der Waals surface area (Å²) < 4.78 is 17.5. The minimum absolute atomic E-state index is 0.0206. The van der Waals surface area contributed by atoms with Crippen molar-refractivity contribution in [3.8, 4) is 28.4 Å². The third-order valence-corrected chi connectivity index (χ3v) is 5.87. The smallest absolute Gasteiger partial charge is 0.204 e. The number of hydrogen-bond acceptors (Lipinski definition) is 7. The Labute approximate surface area is 190 Å². The molecular formula is C26H26O7. The van der Waals surface area contributed by atoms with Crippen LogP contribution in [0.1, 0.15) is 39.0 Å². The Morgan fingerprint density at radius 3 is 2.45 bits per heavy atom. The minimum atomic E-state index is -0.738. The third kappa shape index (κ3) is 3.74. The van der Waals surface area contributed by atoms with E-state index in [1.54, 1.807) is 13.2 Å². The van der Waals surface area contributed by atoms with Crippen molar-refractivity contribution in [2.24, 2.45) is 0 Å². The number of phenols is 3. The van der Waals surface area contributed by atoms with Crippen LogP contribution in [-0.4, -0.2) is 22.4 Å². The molecule has 0 aliphatic heterocycles. The van der Waals surface area contributed by atoms with E-state index in [2.05, 4.69) is 0 Å². The Morgan fingerprint density at radius 1 is 1.09 bits per heavy atom. The second-order valence-electron chi connectivity index (χ2n) is 8.77. The van der Waals surface area contributed by atoms with Crippen LogP contribution in [0.5, 0.6) is 17.2 Å². The molecule has 0 atom stereocenters. The van der Waals surface area contributed by atoms with Gasteiger partial charge in [-0.05, 0) is 57.9 Å². The van der Waals surface area contributed by atoms with Gasteiger partial charge in [-0.1, -0.05) is 17.7 Å². The third-order valence-electron chi connectivity index (χ3n) is 5.87. The average molecular weight is 450 g/mol. The molecule has 4 rings (SSSR count). The molecule has 7 nitrogen and oxygen atoms in total. The molecule has 0 fully saturated rings. The molecule has 0 unspecified atom stereocenters. The number of ether oxygens (including phenoxy) is 1. The van der Waals surface area contributed by atoms with Gasteiger partial charge >= 0.3 is 0 Å². The number of aromatic hydroxyl groups is 3. The van der Waals surface area contributed by atoms with E-state index < -0.39 is 11.0 Å². The number of benzene rings is 2. The summed E-state index contributed by atoms with van der Waals surface area (Å²) in [6.07, 6.45) is 3.57. The van der Waals surface area contributed by atoms with Gasteiger partial charge in [0.15, 0.2) is 17.1 Å². The van der Waals surface area contributed by atoms with E-state index in [1.165, 1.54) is 24.5 Å². The fraction of sp³-hybridized carbons (Fsp3) is 0.269. The Morgan fingerprint density at radius 2 is 1.82 bits per heavy atom. The van der Waals surface area contributed by atoms with E-state index in [9.17, 15) is 20.1 Å². The first kappa shape index (κ1) is 22.5. The minimum Gasteiger partial charge on any atom is -0.507 e. The highest BCUT2D eigenvalue weighted by Crippen LogP contribution is 2.41. The number of rotatable bonds is 5. The van der Waals surface area contributed by atoms with Crippen LogP contribution in [-0.2, 0) is 16.8 Å². The van der Waals surface area contributed by atoms with Crippen molar-refractivity contribution in [2.45, 2.75) is 39.7 Å². The zero-order chi connectivity index (χ0) is 24.1. The molecule has 0 spiro atoms. The molecule has 0 saturated heterocycles. The SMILES string of the molecule is COC(C)(C)c1cc2c(o1)c(CC=C(C)C)c(O)c1c(=O)c(-c3ccc(O)c(O)c3)coc12. The first-order chi connectivity index (χ1) is 15.5. The fourth-order valence-corrected chi connectivity index (χ4v) is 3.71. The van der Waals surface area contributed by atoms with Crippen LogP contribution >= 0.6 is 0 Å². The van der Waals surface area contributed by atoms with E-state index >= 15 is 0 Å². The van der Waals surface area contributed by atoms with E-state index in [0.717, 1.165) is 5.57 Å². The molecule has 4 aromatic rings. The highest BCUT2D eigenvalue weighted by Gasteiger charge is 2.29. The summed E-state index contributed by atoms with van der Waals surface area (Å²) in [6, 6.07) is 5.81. The van der Waals surface area contributed by atoms with Crippen LogP contribution in [0, 0.1) is 0 Å². The maximum absolute atomic E-state index is 13.5. The first-order valence-corrected chi connectivity index (χ1v) is 10.5. The molecule has 0 aliphatic rings. The Kier molecular flexibility index (Phi) is 5.46. The van der Waals surface area contributed by atoms with Crippen LogP contribution in [0.2, 0.25) is 0 Å². The monoisotopic (exact) mass is 450 g/mol. The quantitative estimate of drug-likeness (QED) is 0.263. The highest BCUT2D eigenvalue weighted by molar-refractivity contribution is 6.08. The predicted octanol–water partition coefficient (Wildman–Crippen LogP) is 5.71. The number of phenolic OH excluding ortho intramolecular Hbond substituents is 3. The average Bonchev–Trinajstić information content (AvgIpc) is 3.21. The van der Waals surface area contributed by atoms with Crippen molar-refractivity contribution in [3.05, 3.63) is 63.7 Å². The molecule has 3 N–H and O–H groups in total. The predicted molar refractivity (Wildman–Crippen MR) is 126 cm³/mol. The molecule has 0 bridgehead atoms. The molecule has 172 valence electrons. The maximum Gasteiger partial charge on any atom is 0.204 e. The van der Waals surface area contributed by atoms with Gasteiger partial charge in [-0.3, -0.25) is 4.79 Å². The number of hydrogen-bond donors (Lipinski definition) is 3. The van der Waals surface area contributed by atoms with E-state index in [1.807, 2.05) is 33.8 Å². The zero-order valence-electron chi connectivity index (χ0n) is 19.1. The first-order valence-electron chi connectivity index (χ1n) is 10.5. The Bertz CT molecular complexity index is 1460. The maximum atomic E-state index is 13.5. The van der Waals surface area contributed by atoms with Gasteiger partial charge in [0.2, 0.25) is 5.43 Å². The number of allylic oxidation sites excluding steroid dienone is 2. The van der Waals surface area contributed by atoms with Crippen LogP contribution in [0.3, 0.4) is 0 Å². The van der Waals surface area contributed by atoms with Crippen LogP contribution < -0.4 is 5.43 Å². The molecule has 2 heterocycles. The molecular weight excluding hydrogens is 424 g/mol. The largest absolute Gasteiger partial charge is 0.507 e. The van der Waals surface area contributed by atoms with Crippen molar-refractivity contribution in [1.82, 2.24) is 0 Å². The molecule has 2 aromatic carbocycles. The van der Waals surface area contributed by atoms with Crippen molar-refractivity contribution in [1.29, 1.82) is 0 Å². The van der Waals surface area contributed by atoms with E-state index in [4.69, 9.17) is 13.6 Å². The summed E-state index contributed by atoms with van der Waals surface area (Å²) in [5.41, 5.74) is 1.42. The fourth-order valence-electron chi connectivity index (χ4n) is 3.71. The van der Waals surface area contributed by atoms with Crippen molar-refractivity contribution < 1.29 is 28.9 Å². The van der Waals surface area contributed by atoms with Gasteiger partial charge in [0.1, 0.15) is 34.3 Å². The van der Waals surface area contributed by atoms with Gasteiger partial charge in [0.05, 0.1) is 10.9 Å². The van der Waals surface area contributed by atoms with Crippen molar-refractivity contribution in [3.63, 3.8) is 0 Å². The second kappa shape index (κ2) is 8.01. The lowest BCUT2D eigenvalue weighted by Gasteiger charge is -2.19. The van der Waals surface area contributed by atoms with Gasteiger partial charge in [-0.15, -0.1) is 0 Å². The summed E-state index contributed by atoms with van der Waals surface area (Å²) in [5.74, 6) is -0.355. The Balaban J connectivity index is 2.09. The van der Waals surface area contributed by atoms with E-state index in [0.29, 0.717) is 34.3 Å². The van der Waals surface area contributed by atoms with Gasteiger partial charge in [0.25, 0.3) is 0 Å². The topological polar surface area (TPSA) is 113 Å². The van der Waals surface area contributed by atoms with Gasteiger partial charge < -0.3 is 28.9 Å². The highest BCUT2D eigenvalue weighted by atomic mass is 16.5. The summed E-state index contributed by atoms with van der Waals surface area (Å²) in [5, 5.41) is 31.3. The summed E-state index contributed by atoms with van der Waals surface area (Å²) >= 11 is 0. The lowest BCUT2D eigenvalue weighted by atomic mass is 9.98. The molecule has 33 heavy (non-hydrogen) atoms. The summed E-state index contributed by atoms with van der Waals surface area (Å²) in [7, 11) is 1.58. The normalized spacial score (nSPS) is 11.9. The van der Waals surface area contributed by atoms with Gasteiger partial charge in [-0.25, -0.2) is 0 Å². The molecule has 0 aliphatic carbocycles. The molecule has 0 saturated carbocycles. The van der Waals surface area contributed by atoms with Crippen LogP contribution in [0.4, 0.5) is 0 Å². The van der Waals surface area contributed by atoms with Gasteiger partial charge in [0, 0.05) is 12.7 Å². The molecule has 0 radical (unpaired) electrons. The lowest BCUT2D eigenvalue weighted by Crippen LogP contribution is -2.18. The summed E-state index contributed by atoms with van der Waals surface area (Å²) in [6.45, 7) is 7.60. The number of methoxy groups -OCH3 is 1. The van der Waals surface area contributed by atoms with Crippen LogP contribution in [0.15, 0.2) is 55.8 Å². The lowest BCUT2D eigenvalue weighted by molar-refractivity contribution is 0.00209.